The van der Waals surface area contributed by atoms with E-state index in [4.69, 9.17) is 29.6 Å². The fourth-order valence-electron chi connectivity index (χ4n) is 1.64. The summed E-state index contributed by atoms with van der Waals surface area (Å²) in [4.78, 5) is 12.2. The topological polar surface area (TPSA) is 55.1 Å². The lowest BCUT2D eigenvalue weighted by molar-refractivity contribution is 0.102. The molecule has 3 nitrogen and oxygen atoms in total. The molecule has 0 saturated heterocycles. The van der Waals surface area contributed by atoms with Gasteiger partial charge in [-0.05, 0) is 46.3 Å². The van der Waals surface area contributed by atoms with Crippen molar-refractivity contribution in [2.45, 2.75) is 0 Å². The van der Waals surface area contributed by atoms with Gasteiger partial charge in [0.05, 0.1) is 16.3 Å². The highest BCUT2D eigenvalue weighted by Gasteiger charge is 2.14. The average molecular weight is 388 g/mol. The van der Waals surface area contributed by atoms with Crippen LogP contribution in [0, 0.1) is 5.82 Å². The van der Waals surface area contributed by atoms with E-state index in [1.54, 1.807) is 18.2 Å². The molecule has 0 saturated carbocycles. The van der Waals surface area contributed by atoms with Crippen LogP contribution < -0.4 is 11.1 Å². The summed E-state index contributed by atoms with van der Waals surface area (Å²) in [6.45, 7) is 0. The Morgan fingerprint density at radius 3 is 2.67 bits per heavy atom. The van der Waals surface area contributed by atoms with Crippen molar-refractivity contribution in [3.8, 4) is 0 Å². The molecule has 0 aliphatic carbocycles. The van der Waals surface area contributed by atoms with Crippen molar-refractivity contribution >= 4 is 56.3 Å². The van der Waals surface area contributed by atoms with Crippen LogP contribution in [0.15, 0.2) is 40.9 Å². The van der Waals surface area contributed by atoms with Crippen LogP contribution in [0.25, 0.3) is 0 Å². The van der Waals surface area contributed by atoms with Gasteiger partial charge in [0.15, 0.2) is 0 Å². The van der Waals surface area contributed by atoms with Crippen LogP contribution in [-0.4, -0.2) is 10.9 Å². The van der Waals surface area contributed by atoms with Gasteiger partial charge in [-0.25, -0.2) is 4.39 Å². The Morgan fingerprint density at radius 2 is 2.05 bits per heavy atom. The van der Waals surface area contributed by atoms with Crippen molar-refractivity contribution < 1.29 is 9.18 Å². The Morgan fingerprint density at radius 1 is 1.33 bits per heavy atom. The predicted molar refractivity (Wildman–Crippen MR) is 89.4 cm³/mol. The molecule has 0 unspecified atom stereocenters. The lowest BCUT2D eigenvalue weighted by Crippen LogP contribution is -2.15. The van der Waals surface area contributed by atoms with E-state index in [0.29, 0.717) is 10.0 Å². The number of benzene rings is 2. The van der Waals surface area contributed by atoms with Gasteiger partial charge in [0, 0.05) is 10.0 Å². The molecule has 0 heterocycles. The Kier molecular flexibility index (Phi) is 4.92. The second-order valence-electron chi connectivity index (χ2n) is 4.11. The zero-order valence-corrected chi connectivity index (χ0v) is 13.7. The quantitative estimate of drug-likeness (QED) is 0.779. The normalized spacial score (nSPS) is 10.2. The number of rotatable bonds is 3. The molecule has 2 aromatic rings. The van der Waals surface area contributed by atoms with E-state index in [0.717, 1.165) is 0 Å². The summed E-state index contributed by atoms with van der Waals surface area (Å²) >= 11 is 14.0. The number of nitrogens with one attached hydrogen (secondary N) is 1. The molecule has 21 heavy (non-hydrogen) atoms. The molecule has 1 amide bonds. The molecule has 0 spiro atoms. The molecular weight excluding hydrogens is 379 g/mol. The van der Waals surface area contributed by atoms with Gasteiger partial charge in [-0.3, -0.25) is 4.79 Å². The standard InChI is InChI=1S/C14H9BrClFN2OS/c15-9-3-1-2-8(12(9)16)14(20)19-11-5-4-7(13(18)21)6-10(11)17/h1-6H,(H2,18,21)(H,19,20). The van der Waals surface area contributed by atoms with E-state index in [9.17, 15) is 9.18 Å². The third kappa shape index (κ3) is 3.58. The van der Waals surface area contributed by atoms with E-state index in [1.165, 1.54) is 18.2 Å². The van der Waals surface area contributed by atoms with Gasteiger partial charge < -0.3 is 11.1 Å². The second-order valence-corrected chi connectivity index (χ2v) is 5.79. The second kappa shape index (κ2) is 6.51. The lowest BCUT2D eigenvalue weighted by Gasteiger charge is -2.09. The first kappa shape index (κ1) is 15.9. The highest BCUT2D eigenvalue weighted by molar-refractivity contribution is 9.10. The van der Waals surface area contributed by atoms with E-state index in [-0.39, 0.29) is 21.3 Å². The first-order valence-electron chi connectivity index (χ1n) is 5.75. The third-order valence-corrected chi connectivity index (χ3v) is 4.23. The minimum atomic E-state index is -0.625. The van der Waals surface area contributed by atoms with Crippen LogP contribution in [0.3, 0.4) is 0 Å². The summed E-state index contributed by atoms with van der Waals surface area (Å²) < 4.78 is 14.5. The van der Waals surface area contributed by atoms with Gasteiger partial charge in [-0.1, -0.05) is 29.9 Å². The maximum Gasteiger partial charge on any atom is 0.257 e. The summed E-state index contributed by atoms with van der Waals surface area (Å²) in [5.74, 6) is -1.14. The van der Waals surface area contributed by atoms with Gasteiger partial charge >= 0.3 is 0 Å². The van der Waals surface area contributed by atoms with Gasteiger partial charge in [0.25, 0.3) is 5.91 Å². The number of hydrogen-bond acceptors (Lipinski definition) is 2. The molecule has 0 aliphatic rings. The molecule has 0 aliphatic heterocycles. The highest BCUT2D eigenvalue weighted by Crippen LogP contribution is 2.27. The van der Waals surface area contributed by atoms with Gasteiger partial charge in [0.2, 0.25) is 0 Å². The SMILES string of the molecule is NC(=S)c1ccc(NC(=O)c2cccc(Br)c2Cl)c(F)c1. The van der Waals surface area contributed by atoms with Gasteiger partial charge in [0.1, 0.15) is 10.8 Å². The molecular formula is C14H9BrClFN2OS. The molecule has 0 atom stereocenters. The molecule has 0 aromatic heterocycles. The average Bonchev–Trinajstić information content (AvgIpc) is 2.43. The highest BCUT2D eigenvalue weighted by atomic mass is 79.9. The summed E-state index contributed by atoms with van der Waals surface area (Å²) in [6.07, 6.45) is 0. The zero-order chi connectivity index (χ0) is 15.6. The number of halogens is 3. The van der Waals surface area contributed by atoms with E-state index in [1.807, 2.05) is 0 Å². The minimum Gasteiger partial charge on any atom is -0.389 e. The van der Waals surface area contributed by atoms with Crippen molar-refractivity contribution in [2.24, 2.45) is 5.73 Å². The zero-order valence-electron chi connectivity index (χ0n) is 10.5. The van der Waals surface area contributed by atoms with Crippen molar-refractivity contribution in [3.63, 3.8) is 0 Å². The predicted octanol–water partition coefficient (Wildman–Crippen LogP) is 4.13. The molecule has 2 aromatic carbocycles. The van der Waals surface area contributed by atoms with Crippen LogP contribution in [0.5, 0.6) is 0 Å². The fraction of sp³-hybridized carbons (Fsp3) is 0. The number of anilines is 1. The Labute approximate surface area is 139 Å². The molecule has 2 rings (SSSR count). The minimum absolute atomic E-state index is 0.0241. The van der Waals surface area contributed by atoms with Crippen LogP contribution in [-0.2, 0) is 0 Å². The summed E-state index contributed by atoms with van der Waals surface area (Å²) in [5.41, 5.74) is 6.07. The Hall–Kier alpha value is -1.50. The lowest BCUT2D eigenvalue weighted by atomic mass is 10.1. The number of hydrogen-bond donors (Lipinski definition) is 2. The molecule has 0 fully saturated rings. The van der Waals surface area contributed by atoms with Crippen molar-refractivity contribution in [2.75, 3.05) is 5.32 Å². The monoisotopic (exact) mass is 386 g/mol. The fourth-order valence-corrected chi connectivity index (χ4v) is 2.34. The first-order valence-corrected chi connectivity index (χ1v) is 7.33. The van der Waals surface area contributed by atoms with E-state index in [2.05, 4.69) is 21.2 Å². The summed E-state index contributed by atoms with van der Waals surface area (Å²) in [6, 6.07) is 9.01. The van der Waals surface area contributed by atoms with Crippen molar-refractivity contribution in [1.29, 1.82) is 0 Å². The molecule has 0 radical (unpaired) electrons. The Bertz CT molecular complexity index is 739. The summed E-state index contributed by atoms with van der Waals surface area (Å²) in [7, 11) is 0. The Balaban J connectivity index is 2.28. The number of nitrogens with two attached hydrogens (primary N) is 1. The number of carbonyl (C=O) groups excluding carboxylic acids is 1. The third-order valence-electron chi connectivity index (χ3n) is 2.70. The van der Waals surface area contributed by atoms with E-state index >= 15 is 0 Å². The van der Waals surface area contributed by atoms with Crippen LogP contribution in [0.1, 0.15) is 15.9 Å². The largest absolute Gasteiger partial charge is 0.389 e. The number of thiocarbonyl (C=S) groups is 1. The molecule has 3 N–H and O–H groups in total. The molecule has 0 bridgehead atoms. The maximum atomic E-state index is 13.9. The van der Waals surface area contributed by atoms with Gasteiger partial charge in [-0.2, -0.15) is 0 Å². The molecule has 108 valence electrons. The number of amides is 1. The van der Waals surface area contributed by atoms with Crippen molar-refractivity contribution in [1.82, 2.24) is 0 Å². The van der Waals surface area contributed by atoms with Crippen LogP contribution >= 0.6 is 39.7 Å². The summed E-state index contributed by atoms with van der Waals surface area (Å²) in [5, 5.41) is 2.72. The maximum absolute atomic E-state index is 13.9. The van der Waals surface area contributed by atoms with Crippen molar-refractivity contribution in [3.05, 3.63) is 62.8 Å². The van der Waals surface area contributed by atoms with Gasteiger partial charge in [-0.15, -0.1) is 0 Å². The molecule has 7 heteroatoms. The smallest absolute Gasteiger partial charge is 0.257 e. The van der Waals surface area contributed by atoms with Crippen LogP contribution in [0.4, 0.5) is 10.1 Å². The van der Waals surface area contributed by atoms with Crippen LogP contribution in [0.2, 0.25) is 5.02 Å². The first-order chi connectivity index (χ1) is 9.90. The number of carbonyl (C=O) groups is 1. The van der Waals surface area contributed by atoms with E-state index < -0.39 is 11.7 Å².